The van der Waals surface area contributed by atoms with Crippen LogP contribution in [0.3, 0.4) is 0 Å². The fourth-order valence-electron chi connectivity index (χ4n) is 3.54. The maximum atomic E-state index is 6.05. The van der Waals surface area contributed by atoms with Crippen LogP contribution in [0.4, 0.5) is 5.82 Å². The van der Waals surface area contributed by atoms with Gasteiger partial charge in [-0.3, -0.25) is 0 Å². The molecule has 1 aliphatic carbocycles. The van der Waals surface area contributed by atoms with Crippen molar-refractivity contribution in [3.63, 3.8) is 0 Å². The quantitative estimate of drug-likeness (QED) is 0.759. The Morgan fingerprint density at radius 2 is 2.28 bits per heavy atom. The standard InChI is InChI=1S/C15H20N2O/c1-10(2)12-3-6-16-14-13(12)18-8-11-7-15(4-5-15)9-17(11)14/h3,6,10-11H,4-5,7-9H2,1-2H3/t11-/m1/s1. The normalized spacial score (nSPS) is 27.1. The van der Waals surface area contributed by atoms with E-state index in [0.717, 1.165) is 18.2 Å². The second-order valence-electron chi connectivity index (χ2n) is 6.50. The van der Waals surface area contributed by atoms with E-state index in [-0.39, 0.29) is 0 Å². The highest BCUT2D eigenvalue weighted by molar-refractivity contribution is 5.60. The molecule has 1 aromatic heterocycles. The molecule has 18 heavy (non-hydrogen) atoms. The average molecular weight is 244 g/mol. The Hall–Kier alpha value is -1.25. The lowest BCUT2D eigenvalue weighted by atomic mass is 10.0. The summed E-state index contributed by atoms with van der Waals surface area (Å²) in [6.07, 6.45) is 6.05. The summed E-state index contributed by atoms with van der Waals surface area (Å²) in [6.45, 7) is 6.48. The molecule has 0 unspecified atom stereocenters. The van der Waals surface area contributed by atoms with Crippen LogP contribution < -0.4 is 9.64 Å². The van der Waals surface area contributed by atoms with Crippen LogP contribution >= 0.6 is 0 Å². The van der Waals surface area contributed by atoms with E-state index >= 15 is 0 Å². The van der Waals surface area contributed by atoms with Gasteiger partial charge >= 0.3 is 0 Å². The number of fused-ring (bicyclic) bond motifs is 3. The molecule has 0 aromatic carbocycles. The first kappa shape index (κ1) is 10.7. The lowest BCUT2D eigenvalue weighted by Crippen LogP contribution is -2.39. The number of nitrogens with zero attached hydrogens (tertiary/aromatic N) is 2. The first-order valence-corrected chi connectivity index (χ1v) is 7.07. The van der Waals surface area contributed by atoms with Gasteiger partial charge in [-0.15, -0.1) is 0 Å². The predicted octanol–water partition coefficient (Wildman–Crippen LogP) is 2.96. The summed E-state index contributed by atoms with van der Waals surface area (Å²) < 4.78 is 6.05. The molecule has 1 saturated heterocycles. The molecular weight excluding hydrogens is 224 g/mol. The van der Waals surface area contributed by atoms with Gasteiger partial charge in [0, 0.05) is 18.3 Å². The van der Waals surface area contributed by atoms with E-state index in [2.05, 4.69) is 29.8 Å². The molecule has 0 bridgehead atoms. The molecule has 1 saturated carbocycles. The molecule has 1 spiro atoms. The van der Waals surface area contributed by atoms with Crippen molar-refractivity contribution in [1.29, 1.82) is 0 Å². The summed E-state index contributed by atoms with van der Waals surface area (Å²) in [5.74, 6) is 2.64. The highest BCUT2D eigenvalue weighted by atomic mass is 16.5. The van der Waals surface area contributed by atoms with Crippen molar-refractivity contribution in [2.75, 3.05) is 18.1 Å². The third-order valence-electron chi connectivity index (χ3n) is 4.80. The van der Waals surface area contributed by atoms with Crippen molar-refractivity contribution in [3.8, 4) is 5.75 Å². The minimum absolute atomic E-state index is 0.496. The molecule has 3 heteroatoms. The van der Waals surface area contributed by atoms with Crippen LogP contribution in [-0.4, -0.2) is 24.2 Å². The summed E-state index contributed by atoms with van der Waals surface area (Å²) in [4.78, 5) is 7.11. The number of pyridine rings is 1. The first-order chi connectivity index (χ1) is 8.69. The topological polar surface area (TPSA) is 25.4 Å². The Morgan fingerprint density at radius 3 is 3.00 bits per heavy atom. The summed E-state index contributed by atoms with van der Waals surface area (Å²) in [6, 6.07) is 2.67. The van der Waals surface area contributed by atoms with Gasteiger partial charge in [-0.1, -0.05) is 13.8 Å². The maximum absolute atomic E-state index is 6.05. The number of anilines is 1. The Bertz CT molecular complexity index is 493. The molecule has 2 aliphatic heterocycles. The van der Waals surface area contributed by atoms with Crippen LogP contribution in [-0.2, 0) is 0 Å². The predicted molar refractivity (Wildman–Crippen MR) is 71.2 cm³/mol. The molecule has 1 atom stereocenters. The largest absolute Gasteiger partial charge is 0.487 e. The molecule has 0 amide bonds. The van der Waals surface area contributed by atoms with Crippen LogP contribution in [0.5, 0.6) is 5.75 Å². The zero-order chi connectivity index (χ0) is 12.3. The first-order valence-electron chi connectivity index (χ1n) is 7.07. The number of aromatic nitrogens is 1. The van der Waals surface area contributed by atoms with Gasteiger partial charge in [0.1, 0.15) is 6.61 Å². The fourth-order valence-corrected chi connectivity index (χ4v) is 3.54. The third-order valence-corrected chi connectivity index (χ3v) is 4.80. The van der Waals surface area contributed by atoms with Gasteiger partial charge in [-0.2, -0.15) is 0 Å². The van der Waals surface area contributed by atoms with Crippen molar-refractivity contribution < 1.29 is 4.74 Å². The molecule has 96 valence electrons. The lowest BCUT2D eigenvalue weighted by molar-refractivity contribution is 0.263. The van der Waals surface area contributed by atoms with E-state index < -0.39 is 0 Å². The van der Waals surface area contributed by atoms with Crippen LogP contribution in [0.2, 0.25) is 0 Å². The average Bonchev–Trinajstić information content (AvgIpc) is 2.99. The van der Waals surface area contributed by atoms with Gasteiger partial charge in [0.2, 0.25) is 0 Å². The molecule has 3 heterocycles. The lowest BCUT2D eigenvalue weighted by Gasteiger charge is -2.33. The van der Waals surface area contributed by atoms with Crippen LogP contribution in [0, 0.1) is 5.41 Å². The van der Waals surface area contributed by atoms with Gasteiger partial charge < -0.3 is 9.64 Å². The van der Waals surface area contributed by atoms with E-state index in [4.69, 9.17) is 4.74 Å². The highest BCUT2D eigenvalue weighted by Crippen LogP contribution is 2.57. The number of hydrogen-bond acceptors (Lipinski definition) is 3. The number of hydrogen-bond donors (Lipinski definition) is 0. The van der Waals surface area contributed by atoms with Gasteiger partial charge in [-0.05, 0) is 36.7 Å². The minimum atomic E-state index is 0.496. The second-order valence-corrected chi connectivity index (χ2v) is 6.50. The number of ether oxygens (including phenoxy) is 1. The minimum Gasteiger partial charge on any atom is -0.487 e. The van der Waals surface area contributed by atoms with E-state index in [9.17, 15) is 0 Å². The smallest absolute Gasteiger partial charge is 0.172 e. The second kappa shape index (κ2) is 3.40. The van der Waals surface area contributed by atoms with Crippen molar-refractivity contribution >= 4 is 5.82 Å². The van der Waals surface area contributed by atoms with Crippen LogP contribution in [0.15, 0.2) is 12.3 Å². The summed E-state index contributed by atoms with van der Waals surface area (Å²) in [5, 5.41) is 0. The molecule has 2 fully saturated rings. The molecule has 3 nitrogen and oxygen atoms in total. The molecular formula is C15H20N2O. The van der Waals surface area contributed by atoms with Crippen LogP contribution in [0.25, 0.3) is 0 Å². The molecule has 0 radical (unpaired) electrons. The van der Waals surface area contributed by atoms with Gasteiger partial charge in [0.25, 0.3) is 0 Å². The molecule has 3 aliphatic rings. The van der Waals surface area contributed by atoms with Crippen molar-refractivity contribution in [2.24, 2.45) is 5.41 Å². The van der Waals surface area contributed by atoms with Crippen molar-refractivity contribution in [3.05, 3.63) is 17.8 Å². The SMILES string of the molecule is CC(C)c1ccnc2c1OC[C@H]1CC3(CC3)CN21. The summed E-state index contributed by atoms with van der Waals surface area (Å²) >= 11 is 0. The van der Waals surface area contributed by atoms with Gasteiger partial charge in [-0.25, -0.2) is 4.98 Å². The number of rotatable bonds is 1. The zero-order valence-electron chi connectivity index (χ0n) is 11.1. The highest BCUT2D eigenvalue weighted by Gasteiger charge is 2.54. The summed E-state index contributed by atoms with van der Waals surface area (Å²) in [7, 11) is 0. The third kappa shape index (κ3) is 1.39. The van der Waals surface area contributed by atoms with E-state index in [0.29, 0.717) is 17.4 Å². The molecule has 1 aromatic rings. The Morgan fingerprint density at radius 1 is 1.44 bits per heavy atom. The Labute approximate surface area is 108 Å². The van der Waals surface area contributed by atoms with Crippen molar-refractivity contribution in [1.82, 2.24) is 4.98 Å². The van der Waals surface area contributed by atoms with Crippen molar-refractivity contribution in [2.45, 2.75) is 45.1 Å². The van der Waals surface area contributed by atoms with E-state index in [1.54, 1.807) is 0 Å². The van der Waals surface area contributed by atoms with Gasteiger partial charge in [0.15, 0.2) is 11.6 Å². The molecule has 4 rings (SSSR count). The van der Waals surface area contributed by atoms with E-state index in [1.807, 2.05) is 6.20 Å². The molecule has 0 N–H and O–H groups in total. The van der Waals surface area contributed by atoms with Gasteiger partial charge in [0.05, 0.1) is 6.04 Å². The zero-order valence-corrected chi connectivity index (χ0v) is 11.1. The monoisotopic (exact) mass is 244 g/mol. The van der Waals surface area contributed by atoms with Crippen LogP contribution in [0.1, 0.15) is 44.6 Å². The summed E-state index contributed by atoms with van der Waals surface area (Å²) in [5.41, 5.74) is 1.92. The fraction of sp³-hybridized carbons (Fsp3) is 0.667. The Balaban J connectivity index is 1.77. The Kier molecular flexibility index (Phi) is 2.01. The maximum Gasteiger partial charge on any atom is 0.172 e. The van der Waals surface area contributed by atoms with E-state index in [1.165, 1.54) is 31.4 Å².